The van der Waals surface area contributed by atoms with E-state index in [-0.39, 0.29) is 54.7 Å². The van der Waals surface area contributed by atoms with Gasteiger partial charge >= 0.3 is 0 Å². The first-order valence-corrected chi connectivity index (χ1v) is 13.3. The second kappa shape index (κ2) is 10.2. The van der Waals surface area contributed by atoms with Gasteiger partial charge in [-0.3, -0.25) is 24.1 Å². The van der Waals surface area contributed by atoms with Crippen molar-refractivity contribution in [2.45, 2.75) is 31.4 Å². The predicted octanol–water partition coefficient (Wildman–Crippen LogP) is 0.0482. The van der Waals surface area contributed by atoms with Crippen molar-refractivity contribution in [3.8, 4) is 0 Å². The molecule has 1 aromatic rings. The number of piperazine rings is 1. The van der Waals surface area contributed by atoms with E-state index in [9.17, 15) is 27.6 Å². The molecule has 4 rings (SSSR count). The molecule has 11 heteroatoms. The summed E-state index contributed by atoms with van der Waals surface area (Å²) < 4.78 is 27.0. The molecule has 184 valence electrons. The Morgan fingerprint density at radius 3 is 1.97 bits per heavy atom. The Hall–Kier alpha value is -2.79. The predicted molar refractivity (Wildman–Crippen MR) is 122 cm³/mol. The van der Waals surface area contributed by atoms with E-state index in [4.69, 9.17) is 0 Å². The van der Waals surface area contributed by atoms with Gasteiger partial charge in [-0.15, -0.1) is 0 Å². The van der Waals surface area contributed by atoms with Gasteiger partial charge in [0.05, 0.1) is 5.75 Å². The van der Waals surface area contributed by atoms with Crippen LogP contribution in [-0.2, 0) is 35.0 Å². The summed E-state index contributed by atoms with van der Waals surface area (Å²) in [6.07, 6.45) is 1.26. The monoisotopic (exact) mass is 490 g/mol. The minimum Gasteiger partial charge on any atom is -0.339 e. The number of hydrogen-bond donors (Lipinski definition) is 0. The molecule has 3 aliphatic rings. The van der Waals surface area contributed by atoms with E-state index in [1.54, 1.807) is 21.9 Å². The maximum Gasteiger partial charge on any atom is 0.242 e. The van der Waals surface area contributed by atoms with Crippen LogP contribution in [0, 0.1) is 5.92 Å². The van der Waals surface area contributed by atoms with E-state index in [1.807, 2.05) is 18.2 Å². The highest BCUT2D eigenvalue weighted by Gasteiger charge is 2.36. The van der Waals surface area contributed by atoms with E-state index in [0.29, 0.717) is 52.1 Å². The molecule has 3 heterocycles. The molecule has 0 atom stereocenters. The minimum absolute atomic E-state index is 0.00268. The molecule has 0 N–H and O–H groups in total. The molecule has 3 aliphatic heterocycles. The second-order valence-electron chi connectivity index (χ2n) is 8.99. The molecule has 3 fully saturated rings. The summed E-state index contributed by atoms with van der Waals surface area (Å²) >= 11 is 0. The summed E-state index contributed by atoms with van der Waals surface area (Å²) in [4.78, 5) is 53.3. The third kappa shape index (κ3) is 5.47. The lowest BCUT2D eigenvalue weighted by Crippen LogP contribution is -2.54. The molecule has 0 aromatic heterocycles. The molecule has 0 radical (unpaired) electrons. The smallest absolute Gasteiger partial charge is 0.242 e. The van der Waals surface area contributed by atoms with Gasteiger partial charge in [0.1, 0.15) is 6.54 Å². The van der Waals surface area contributed by atoms with Crippen LogP contribution in [0.4, 0.5) is 0 Å². The van der Waals surface area contributed by atoms with Crippen LogP contribution in [0.1, 0.15) is 31.2 Å². The number of nitrogens with zero attached hydrogens (tertiary/aromatic N) is 4. The van der Waals surface area contributed by atoms with E-state index < -0.39 is 10.0 Å². The number of benzene rings is 1. The van der Waals surface area contributed by atoms with Crippen molar-refractivity contribution in [3.05, 3.63) is 35.9 Å². The number of hydrogen-bond acceptors (Lipinski definition) is 6. The van der Waals surface area contributed by atoms with E-state index in [1.165, 1.54) is 4.31 Å². The average Bonchev–Trinajstić information content (AvgIpc) is 3.16. The minimum atomic E-state index is -3.43. The highest BCUT2D eigenvalue weighted by atomic mass is 32.2. The Kier molecular flexibility index (Phi) is 7.32. The summed E-state index contributed by atoms with van der Waals surface area (Å²) in [5.41, 5.74) is 0.742. The highest BCUT2D eigenvalue weighted by molar-refractivity contribution is 7.88. The Morgan fingerprint density at radius 2 is 1.38 bits per heavy atom. The van der Waals surface area contributed by atoms with Gasteiger partial charge in [-0.1, -0.05) is 30.3 Å². The second-order valence-corrected chi connectivity index (χ2v) is 11.0. The van der Waals surface area contributed by atoms with E-state index in [0.717, 1.165) is 10.5 Å². The lowest BCUT2D eigenvalue weighted by atomic mass is 9.96. The van der Waals surface area contributed by atoms with Gasteiger partial charge in [0.25, 0.3) is 0 Å². The summed E-state index contributed by atoms with van der Waals surface area (Å²) in [6.45, 7) is 1.89. The normalized spacial score (nSPS) is 20.8. The molecular weight excluding hydrogens is 460 g/mol. The zero-order valence-corrected chi connectivity index (χ0v) is 19.9. The molecule has 0 aliphatic carbocycles. The first-order valence-electron chi connectivity index (χ1n) is 11.7. The lowest BCUT2D eigenvalue weighted by molar-refractivity contribution is -0.147. The van der Waals surface area contributed by atoms with Gasteiger partial charge in [0.15, 0.2) is 0 Å². The van der Waals surface area contributed by atoms with Crippen molar-refractivity contribution < 1.29 is 27.6 Å². The SMILES string of the molecule is O=C(CN1C(=O)CCC1=O)N1CCN(C(=O)C2CCN(S(=O)(=O)Cc3ccccc3)CC2)CC1. The molecule has 0 saturated carbocycles. The van der Waals surface area contributed by atoms with Crippen molar-refractivity contribution in [2.75, 3.05) is 45.8 Å². The van der Waals surface area contributed by atoms with Crippen molar-refractivity contribution in [2.24, 2.45) is 5.92 Å². The quantitative estimate of drug-likeness (QED) is 0.521. The number of imide groups is 1. The van der Waals surface area contributed by atoms with Crippen LogP contribution >= 0.6 is 0 Å². The molecule has 0 bridgehead atoms. The third-order valence-electron chi connectivity index (χ3n) is 6.78. The summed E-state index contributed by atoms with van der Waals surface area (Å²) in [6, 6.07) is 9.06. The number of sulfonamides is 1. The Balaban J connectivity index is 1.23. The first kappa shape index (κ1) is 24.3. The average molecular weight is 491 g/mol. The van der Waals surface area contributed by atoms with Crippen molar-refractivity contribution in [1.29, 1.82) is 0 Å². The highest BCUT2D eigenvalue weighted by Crippen LogP contribution is 2.24. The zero-order valence-electron chi connectivity index (χ0n) is 19.1. The molecule has 0 spiro atoms. The van der Waals surface area contributed by atoms with Crippen LogP contribution in [0.3, 0.4) is 0 Å². The molecule has 4 amide bonds. The van der Waals surface area contributed by atoms with Crippen LogP contribution in [0.15, 0.2) is 30.3 Å². The number of carbonyl (C=O) groups is 4. The molecule has 3 saturated heterocycles. The van der Waals surface area contributed by atoms with Crippen LogP contribution in [-0.4, -0.2) is 96.9 Å². The van der Waals surface area contributed by atoms with Gasteiger partial charge in [0.2, 0.25) is 33.7 Å². The van der Waals surface area contributed by atoms with Crippen LogP contribution in [0.2, 0.25) is 0 Å². The van der Waals surface area contributed by atoms with Crippen molar-refractivity contribution in [1.82, 2.24) is 19.0 Å². The van der Waals surface area contributed by atoms with Crippen molar-refractivity contribution in [3.63, 3.8) is 0 Å². The fourth-order valence-corrected chi connectivity index (χ4v) is 6.29. The van der Waals surface area contributed by atoms with E-state index in [2.05, 4.69) is 0 Å². The van der Waals surface area contributed by atoms with Crippen LogP contribution < -0.4 is 0 Å². The van der Waals surface area contributed by atoms with Gasteiger partial charge in [-0.05, 0) is 18.4 Å². The van der Waals surface area contributed by atoms with Gasteiger partial charge in [0, 0.05) is 58.0 Å². The molecule has 34 heavy (non-hydrogen) atoms. The topological polar surface area (TPSA) is 115 Å². The Morgan fingerprint density at radius 1 is 0.824 bits per heavy atom. The van der Waals surface area contributed by atoms with Gasteiger partial charge in [-0.25, -0.2) is 12.7 Å². The standard InChI is InChI=1S/C23H30N4O6S/c28-20-6-7-21(29)27(20)16-22(30)24-12-14-25(15-13-24)23(31)19-8-10-26(11-9-19)34(32,33)17-18-4-2-1-3-5-18/h1-5,19H,6-17H2. The van der Waals surface area contributed by atoms with Crippen LogP contribution in [0.5, 0.6) is 0 Å². The molecule has 10 nitrogen and oxygen atoms in total. The fourth-order valence-electron chi connectivity index (χ4n) is 4.73. The number of carbonyl (C=O) groups excluding carboxylic acids is 4. The molecule has 0 unspecified atom stereocenters. The lowest BCUT2D eigenvalue weighted by Gasteiger charge is -2.38. The number of likely N-dealkylation sites (tertiary alicyclic amines) is 1. The Bertz CT molecular complexity index is 1030. The van der Waals surface area contributed by atoms with Crippen molar-refractivity contribution >= 4 is 33.7 Å². The van der Waals surface area contributed by atoms with Gasteiger partial charge in [-0.2, -0.15) is 0 Å². The Labute approximate surface area is 199 Å². The number of rotatable bonds is 6. The number of amides is 4. The maximum absolute atomic E-state index is 13.0. The zero-order chi connectivity index (χ0) is 24.3. The third-order valence-corrected chi connectivity index (χ3v) is 8.63. The molecular formula is C23H30N4O6S. The summed E-state index contributed by atoms with van der Waals surface area (Å²) in [5, 5.41) is 0. The van der Waals surface area contributed by atoms with Gasteiger partial charge < -0.3 is 9.80 Å². The number of piperidine rings is 1. The summed E-state index contributed by atoms with van der Waals surface area (Å²) in [5.74, 6) is -1.19. The molecule has 1 aromatic carbocycles. The van der Waals surface area contributed by atoms with Crippen LogP contribution in [0.25, 0.3) is 0 Å². The largest absolute Gasteiger partial charge is 0.339 e. The first-order chi connectivity index (χ1) is 16.2. The maximum atomic E-state index is 13.0. The van der Waals surface area contributed by atoms with E-state index >= 15 is 0 Å². The summed E-state index contributed by atoms with van der Waals surface area (Å²) in [7, 11) is -3.43. The fraction of sp³-hybridized carbons (Fsp3) is 0.565.